The van der Waals surface area contributed by atoms with E-state index in [1.807, 2.05) is 33.9 Å². The van der Waals surface area contributed by atoms with E-state index in [9.17, 15) is 4.79 Å². The maximum Gasteiger partial charge on any atom is 0.254 e. The molecule has 0 bridgehead atoms. The number of aryl methyl sites for hydroxylation is 1. The zero-order chi connectivity index (χ0) is 15.4. The van der Waals surface area contributed by atoms with E-state index in [0.29, 0.717) is 25.5 Å². The van der Waals surface area contributed by atoms with Gasteiger partial charge in [0, 0.05) is 24.7 Å². The number of aromatic nitrogens is 1. The van der Waals surface area contributed by atoms with E-state index in [2.05, 4.69) is 4.98 Å². The van der Waals surface area contributed by atoms with Gasteiger partial charge >= 0.3 is 0 Å². The fourth-order valence-corrected chi connectivity index (χ4v) is 3.25. The number of hydrogen-bond donors (Lipinski definition) is 1. The average molecular weight is 317 g/mol. The molecule has 1 fully saturated rings. The normalized spacial score (nSPS) is 18.4. The van der Waals surface area contributed by atoms with Crippen LogP contribution in [0.4, 0.5) is 5.82 Å². The van der Waals surface area contributed by atoms with E-state index in [0.717, 1.165) is 24.0 Å². The molecule has 3 rings (SSSR count). The Morgan fingerprint density at radius 3 is 3.18 bits per heavy atom. The predicted molar refractivity (Wildman–Crippen MR) is 86.9 cm³/mol. The van der Waals surface area contributed by atoms with E-state index in [1.165, 1.54) is 0 Å². The van der Waals surface area contributed by atoms with Crippen LogP contribution in [0.3, 0.4) is 0 Å². The summed E-state index contributed by atoms with van der Waals surface area (Å²) in [5, 5.41) is 3.82. The molecule has 0 spiro atoms. The number of amides is 1. The molecule has 5 nitrogen and oxygen atoms in total. The molecular formula is C16H19N3O2S. The van der Waals surface area contributed by atoms with Crippen molar-refractivity contribution in [1.29, 1.82) is 0 Å². The lowest BCUT2D eigenvalue weighted by molar-refractivity contribution is -0.0245. The number of anilines is 1. The fraction of sp³-hybridized carbons (Fsp3) is 0.375. The highest BCUT2D eigenvalue weighted by Gasteiger charge is 2.25. The number of rotatable bonds is 4. The Kier molecular flexibility index (Phi) is 4.70. The number of pyridine rings is 1. The highest BCUT2D eigenvalue weighted by atomic mass is 32.1. The van der Waals surface area contributed by atoms with Crippen LogP contribution >= 0.6 is 11.3 Å². The van der Waals surface area contributed by atoms with Gasteiger partial charge in [0.15, 0.2) is 0 Å². The van der Waals surface area contributed by atoms with Gasteiger partial charge in [-0.05, 0) is 42.0 Å². The number of nitrogens with two attached hydrogens (primary N) is 1. The predicted octanol–water partition coefficient (Wildman–Crippen LogP) is 2.20. The third-order valence-corrected chi connectivity index (χ3v) is 4.48. The smallest absolute Gasteiger partial charge is 0.254 e. The monoisotopic (exact) mass is 317 g/mol. The molecule has 6 heteroatoms. The Balaban J connectivity index is 1.55. The first-order valence-electron chi connectivity index (χ1n) is 7.36. The molecule has 1 atom stereocenters. The molecule has 0 aliphatic carbocycles. The minimum Gasteiger partial charge on any atom is -0.384 e. The molecular weight excluding hydrogens is 298 g/mol. The SMILES string of the molecule is Nc1cc(CCC2CN(C(=O)c3ccsc3)CCO2)ccn1. The Morgan fingerprint density at radius 2 is 2.41 bits per heavy atom. The van der Waals surface area contributed by atoms with Crippen molar-refractivity contribution in [3.63, 3.8) is 0 Å². The maximum atomic E-state index is 12.4. The van der Waals surface area contributed by atoms with Crippen LogP contribution in [0.2, 0.25) is 0 Å². The number of thiophene rings is 1. The summed E-state index contributed by atoms with van der Waals surface area (Å²) >= 11 is 1.55. The van der Waals surface area contributed by atoms with E-state index < -0.39 is 0 Å². The number of morpholine rings is 1. The number of carbonyl (C=O) groups is 1. The third kappa shape index (κ3) is 3.64. The van der Waals surface area contributed by atoms with Gasteiger partial charge in [0.1, 0.15) is 5.82 Å². The zero-order valence-electron chi connectivity index (χ0n) is 12.3. The molecule has 2 N–H and O–H groups in total. The lowest BCUT2D eigenvalue weighted by Crippen LogP contribution is -2.45. The van der Waals surface area contributed by atoms with Crippen molar-refractivity contribution in [2.24, 2.45) is 0 Å². The van der Waals surface area contributed by atoms with Crippen LogP contribution in [0.1, 0.15) is 22.3 Å². The van der Waals surface area contributed by atoms with E-state index in [1.54, 1.807) is 17.5 Å². The van der Waals surface area contributed by atoms with E-state index >= 15 is 0 Å². The Morgan fingerprint density at radius 1 is 1.50 bits per heavy atom. The third-order valence-electron chi connectivity index (χ3n) is 3.79. The summed E-state index contributed by atoms with van der Waals surface area (Å²) in [7, 11) is 0. The largest absolute Gasteiger partial charge is 0.384 e. The Labute approximate surface area is 133 Å². The van der Waals surface area contributed by atoms with Crippen LogP contribution in [0.5, 0.6) is 0 Å². The number of carbonyl (C=O) groups excluding carboxylic acids is 1. The summed E-state index contributed by atoms with van der Waals surface area (Å²) < 4.78 is 5.79. The van der Waals surface area contributed by atoms with Gasteiger partial charge in [0.05, 0.1) is 18.3 Å². The minimum absolute atomic E-state index is 0.0747. The van der Waals surface area contributed by atoms with Crippen LogP contribution in [0.15, 0.2) is 35.2 Å². The zero-order valence-corrected chi connectivity index (χ0v) is 13.1. The maximum absolute atomic E-state index is 12.4. The second kappa shape index (κ2) is 6.89. The summed E-state index contributed by atoms with van der Waals surface area (Å²) in [5.74, 6) is 0.638. The highest BCUT2D eigenvalue weighted by molar-refractivity contribution is 7.08. The van der Waals surface area contributed by atoms with Gasteiger partial charge in [-0.1, -0.05) is 0 Å². The van der Waals surface area contributed by atoms with Crippen molar-refractivity contribution in [3.05, 3.63) is 46.3 Å². The lowest BCUT2D eigenvalue weighted by Gasteiger charge is -2.33. The number of nitrogen functional groups attached to an aromatic ring is 1. The van der Waals surface area contributed by atoms with Crippen molar-refractivity contribution in [2.75, 3.05) is 25.4 Å². The Hall–Kier alpha value is -1.92. The van der Waals surface area contributed by atoms with Crippen LogP contribution < -0.4 is 5.73 Å². The molecule has 22 heavy (non-hydrogen) atoms. The van der Waals surface area contributed by atoms with Gasteiger partial charge in [0.2, 0.25) is 0 Å². The Bertz CT molecular complexity index is 630. The molecule has 1 aliphatic rings. The molecule has 1 amide bonds. The first kappa shape index (κ1) is 15.0. The van der Waals surface area contributed by atoms with Crippen LogP contribution in [-0.2, 0) is 11.2 Å². The summed E-state index contributed by atoms with van der Waals surface area (Å²) in [6, 6.07) is 5.72. The van der Waals surface area contributed by atoms with Gasteiger partial charge in [-0.3, -0.25) is 4.79 Å². The van der Waals surface area contributed by atoms with Crippen molar-refractivity contribution in [1.82, 2.24) is 9.88 Å². The molecule has 1 saturated heterocycles. The number of nitrogens with zero attached hydrogens (tertiary/aromatic N) is 2. The first-order chi connectivity index (χ1) is 10.7. The molecule has 0 radical (unpaired) electrons. The number of ether oxygens (including phenoxy) is 1. The van der Waals surface area contributed by atoms with Gasteiger partial charge in [0.25, 0.3) is 5.91 Å². The van der Waals surface area contributed by atoms with E-state index in [-0.39, 0.29) is 12.0 Å². The van der Waals surface area contributed by atoms with Gasteiger partial charge in [-0.25, -0.2) is 4.98 Å². The molecule has 1 unspecified atom stereocenters. The molecule has 0 aromatic carbocycles. The minimum atomic E-state index is 0.0747. The summed E-state index contributed by atoms with van der Waals surface area (Å²) in [5.41, 5.74) is 7.61. The fourth-order valence-electron chi connectivity index (χ4n) is 2.62. The summed E-state index contributed by atoms with van der Waals surface area (Å²) in [6.45, 7) is 1.90. The quantitative estimate of drug-likeness (QED) is 0.938. The highest BCUT2D eigenvalue weighted by Crippen LogP contribution is 2.16. The number of hydrogen-bond acceptors (Lipinski definition) is 5. The molecule has 0 saturated carbocycles. The van der Waals surface area contributed by atoms with Crippen LogP contribution in [0.25, 0.3) is 0 Å². The van der Waals surface area contributed by atoms with Gasteiger partial charge in [-0.15, -0.1) is 0 Å². The van der Waals surface area contributed by atoms with Gasteiger partial charge < -0.3 is 15.4 Å². The molecule has 116 valence electrons. The second-order valence-corrected chi connectivity index (χ2v) is 6.16. The molecule has 1 aliphatic heterocycles. The molecule has 2 aromatic heterocycles. The summed E-state index contributed by atoms with van der Waals surface area (Å²) in [6.07, 6.45) is 3.54. The first-order valence-corrected chi connectivity index (χ1v) is 8.30. The topological polar surface area (TPSA) is 68.5 Å². The van der Waals surface area contributed by atoms with Crippen LogP contribution in [-0.4, -0.2) is 41.6 Å². The second-order valence-electron chi connectivity index (χ2n) is 5.38. The van der Waals surface area contributed by atoms with E-state index in [4.69, 9.17) is 10.5 Å². The van der Waals surface area contributed by atoms with Crippen molar-refractivity contribution >= 4 is 23.1 Å². The summed E-state index contributed by atoms with van der Waals surface area (Å²) in [4.78, 5) is 18.3. The standard InChI is InChI=1S/C16H19N3O2S/c17-15-9-12(3-5-18-15)1-2-14-10-19(6-7-21-14)16(20)13-4-8-22-11-13/h3-5,8-9,11,14H,1-2,6-7,10H2,(H2,17,18). The van der Waals surface area contributed by atoms with Crippen molar-refractivity contribution in [2.45, 2.75) is 18.9 Å². The molecule has 3 heterocycles. The molecule has 2 aromatic rings. The lowest BCUT2D eigenvalue weighted by atomic mass is 10.1. The van der Waals surface area contributed by atoms with Crippen LogP contribution in [0, 0.1) is 0 Å². The van der Waals surface area contributed by atoms with Gasteiger partial charge in [-0.2, -0.15) is 11.3 Å². The average Bonchev–Trinajstić information content (AvgIpc) is 3.07. The van der Waals surface area contributed by atoms with Crippen molar-refractivity contribution in [3.8, 4) is 0 Å². The van der Waals surface area contributed by atoms with Crippen molar-refractivity contribution < 1.29 is 9.53 Å².